The Morgan fingerprint density at radius 2 is 2.38 bits per heavy atom. The van der Waals surface area contributed by atoms with Gasteiger partial charge in [-0.1, -0.05) is 6.92 Å². The van der Waals surface area contributed by atoms with Crippen LogP contribution in [0.3, 0.4) is 0 Å². The van der Waals surface area contributed by atoms with Crippen molar-refractivity contribution in [3.63, 3.8) is 0 Å². The van der Waals surface area contributed by atoms with E-state index < -0.39 is 0 Å². The molecular weight excluding hydrogens is 262 g/mol. The van der Waals surface area contributed by atoms with Crippen LogP contribution in [0.4, 0.5) is 0 Å². The van der Waals surface area contributed by atoms with Crippen LogP contribution in [-0.2, 0) is 23.2 Å². The largest absolute Gasteiger partial charge is 0.367 e. The standard InChI is InChI=1S/C17H27N3O/c1-3-8-18-11-13-5-6-15-14(10-13)12-19-16(20-15)17(2)7-4-9-21-17/h12-13,18H,3-11H2,1-2H3. The van der Waals surface area contributed by atoms with Crippen LogP contribution < -0.4 is 5.32 Å². The van der Waals surface area contributed by atoms with Crippen LogP contribution in [0.2, 0.25) is 0 Å². The second kappa shape index (κ2) is 6.41. The van der Waals surface area contributed by atoms with E-state index in [1.54, 1.807) is 0 Å². The van der Waals surface area contributed by atoms with E-state index in [1.807, 2.05) is 0 Å². The van der Waals surface area contributed by atoms with E-state index in [9.17, 15) is 0 Å². The summed E-state index contributed by atoms with van der Waals surface area (Å²) < 4.78 is 5.87. The lowest BCUT2D eigenvalue weighted by Crippen LogP contribution is -2.30. The summed E-state index contributed by atoms with van der Waals surface area (Å²) in [6, 6.07) is 0. The van der Waals surface area contributed by atoms with Crippen molar-refractivity contribution in [1.82, 2.24) is 15.3 Å². The molecule has 2 atom stereocenters. The van der Waals surface area contributed by atoms with Gasteiger partial charge in [0.25, 0.3) is 0 Å². The van der Waals surface area contributed by atoms with E-state index in [1.165, 1.54) is 24.1 Å². The van der Waals surface area contributed by atoms with E-state index in [0.717, 1.165) is 57.1 Å². The van der Waals surface area contributed by atoms with Crippen molar-refractivity contribution < 1.29 is 4.74 Å². The van der Waals surface area contributed by atoms with Gasteiger partial charge in [0.15, 0.2) is 5.82 Å². The molecule has 0 amide bonds. The molecule has 2 heterocycles. The Bertz CT molecular complexity index is 483. The van der Waals surface area contributed by atoms with E-state index in [-0.39, 0.29) is 5.60 Å². The summed E-state index contributed by atoms with van der Waals surface area (Å²) in [5, 5.41) is 3.54. The maximum atomic E-state index is 5.87. The van der Waals surface area contributed by atoms with Gasteiger partial charge in [-0.05, 0) is 70.0 Å². The zero-order chi connectivity index (χ0) is 14.7. The van der Waals surface area contributed by atoms with Crippen molar-refractivity contribution >= 4 is 0 Å². The van der Waals surface area contributed by atoms with Gasteiger partial charge in [0, 0.05) is 18.5 Å². The van der Waals surface area contributed by atoms with Gasteiger partial charge < -0.3 is 10.1 Å². The van der Waals surface area contributed by atoms with Crippen molar-refractivity contribution in [2.24, 2.45) is 5.92 Å². The number of rotatable bonds is 5. The molecule has 0 aromatic carbocycles. The van der Waals surface area contributed by atoms with Crippen molar-refractivity contribution in [2.75, 3.05) is 19.7 Å². The highest BCUT2D eigenvalue weighted by atomic mass is 16.5. The first-order chi connectivity index (χ1) is 10.2. The Labute approximate surface area is 127 Å². The first-order valence-electron chi connectivity index (χ1n) is 8.41. The first-order valence-corrected chi connectivity index (χ1v) is 8.41. The number of hydrogen-bond donors (Lipinski definition) is 1. The summed E-state index contributed by atoms with van der Waals surface area (Å²) in [7, 11) is 0. The van der Waals surface area contributed by atoms with Gasteiger partial charge in [0.05, 0.1) is 0 Å². The number of fused-ring (bicyclic) bond motifs is 1. The topological polar surface area (TPSA) is 47.0 Å². The van der Waals surface area contributed by atoms with Crippen LogP contribution in [0.15, 0.2) is 6.20 Å². The maximum Gasteiger partial charge on any atom is 0.160 e. The molecule has 1 aromatic rings. The molecule has 1 saturated heterocycles. The average Bonchev–Trinajstić information content (AvgIpc) is 2.95. The number of aryl methyl sites for hydroxylation is 1. The lowest BCUT2D eigenvalue weighted by atomic mass is 9.87. The quantitative estimate of drug-likeness (QED) is 0.846. The van der Waals surface area contributed by atoms with E-state index in [0.29, 0.717) is 0 Å². The molecule has 1 aliphatic carbocycles. The SMILES string of the molecule is CCCNCC1CCc2nc(C3(C)CCCO3)ncc2C1. The number of ether oxygens (including phenoxy) is 1. The molecule has 0 spiro atoms. The molecule has 3 rings (SSSR count). The minimum absolute atomic E-state index is 0.255. The molecule has 1 aromatic heterocycles. The second-order valence-electron chi connectivity index (χ2n) is 6.66. The third-order valence-corrected chi connectivity index (χ3v) is 4.80. The van der Waals surface area contributed by atoms with Crippen LogP contribution in [0.25, 0.3) is 0 Å². The van der Waals surface area contributed by atoms with Gasteiger partial charge in [-0.2, -0.15) is 0 Å². The van der Waals surface area contributed by atoms with Crippen LogP contribution >= 0.6 is 0 Å². The van der Waals surface area contributed by atoms with E-state index in [4.69, 9.17) is 9.72 Å². The summed E-state index contributed by atoms with van der Waals surface area (Å²) in [6.07, 6.45) is 8.84. The van der Waals surface area contributed by atoms with Gasteiger partial charge in [0.2, 0.25) is 0 Å². The van der Waals surface area contributed by atoms with Gasteiger partial charge in [-0.25, -0.2) is 9.97 Å². The molecule has 1 fully saturated rings. The third kappa shape index (κ3) is 3.27. The normalized spacial score (nSPS) is 28.6. The zero-order valence-electron chi connectivity index (χ0n) is 13.3. The molecular formula is C17H27N3O. The molecule has 4 heteroatoms. The van der Waals surface area contributed by atoms with E-state index >= 15 is 0 Å². The molecule has 116 valence electrons. The lowest BCUT2D eigenvalue weighted by molar-refractivity contribution is 0.00903. The highest BCUT2D eigenvalue weighted by Crippen LogP contribution is 2.34. The first kappa shape index (κ1) is 14.9. The van der Waals surface area contributed by atoms with E-state index in [2.05, 4.69) is 30.3 Å². The van der Waals surface area contributed by atoms with Crippen molar-refractivity contribution in [3.8, 4) is 0 Å². The van der Waals surface area contributed by atoms with Gasteiger partial charge in [-0.15, -0.1) is 0 Å². The fraction of sp³-hybridized carbons (Fsp3) is 0.765. The minimum atomic E-state index is -0.255. The number of aromatic nitrogens is 2. The Morgan fingerprint density at radius 3 is 3.14 bits per heavy atom. The Hall–Kier alpha value is -1.00. The van der Waals surface area contributed by atoms with Gasteiger partial charge in [-0.3, -0.25) is 0 Å². The maximum absolute atomic E-state index is 5.87. The summed E-state index contributed by atoms with van der Waals surface area (Å²) in [6.45, 7) is 7.42. The monoisotopic (exact) mass is 289 g/mol. The molecule has 1 aliphatic heterocycles. The smallest absolute Gasteiger partial charge is 0.160 e. The van der Waals surface area contributed by atoms with Crippen LogP contribution in [0.1, 0.15) is 56.6 Å². The predicted molar refractivity (Wildman–Crippen MR) is 83.2 cm³/mol. The lowest BCUT2D eigenvalue weighted by Gasteiger charge is -2.27. The van der Waals surface area contributed by atoms with Crippen molar-refractivity contribution in [1.29, 1.82) is 0 Å². The Balaban J connectivity index is 1.68. The number of nitrogens with zero attached hydrogens (tertiary/aromatic N) is 2. The number of hydrogen-bond acceptors (Lipinski definition) is 4. The summed E-state index contributed by atoms with van der Waals surface area (Å²) in [5.41, 5.74) is 2.34. The summed E-state index contributed by atoms with van der Waals surface area (Å²) >= 11 is 0. The molecule has 0 bridgehead atoms. The summed E-state index contributed by atoms with van der Waals surface area (Å²) in [4.78, 5) is 9.46. The van der Waals surface area contributed by atoms with Crippen LogP contribution in [0, 0.1) is 5.92 Å². The molecule has 21 heavy (non-hydrogen) atoms. The minimum Gasteiger partial charge on any atom is -0.367 e. The molecule has 0 radical (unpaired) electrons. The predicted octanol–water partition coefficient (Wildman–Crippen LogP) is 2.61. The molecule has 4 nitrogen and oxygen atoms in total. The second-order valence-corrected chi connectivity index (χ2v) is 6.66. The Morgan fingerprint density at radius 1 is 1.48 bits per heavy atom. The fourth-order valence-electron chi connectivity index (χ4n) is 3.45. The highest BCUT2D eigenvalue weighted by molar-refractivity contribution is 5.23. The zero-order valence-corrected chi connectivity index (χ0v) is 13.3. The molecule has 2 unspecified atom stereocenters. The van der Waals surface area contributed by atoms with Crippen LogP contribution in [0.5, 0.6) is 0 Å². The number of nitrogens with one attached hydrogen (secondary N) is 1. The third-order valence-electron chi connectivity index (χ3n) is 4.80. The van der Waals surface area contributed by atoms with Crippen molar-refractivity contribution in [3.05, 3.63) is 23.3 Å². The van der Waals surface area contributed by atoms with Crippen molar-refractivity contribution in [2.45, 2.75) is 58.0 Å². The fourth-order valence-corrected chi connectivity index (χ4v) is 3.45. The highest BCUT2D eigenvalue weighted by Gasteiger charge is 2.35. The summed E-state index contributed by atoms with van der Waals surface area (Å²) in [5.74, 6) is 1.62. The van der Waals surface area contributed by atoms with Gasteiger partial charge in [0.1, 0.15) is 5.60 Å². The van der Waals surface area contributed by atoms with Gasteiger partial charge >= 0.3 is 0 Å². The van der Waals surface area contributed by atoms with Crippen LogP contribution in [-0.4, -0.2) is 29.7 Å². The molecule has 1 N–H and O–H groups in total. The molecule has 0 saturated carbocycles. The molecule has 2 aliphatic rings. The Kier molecular flexibility index (Phi) is 4.55. The average molecular weight is 289 g/mol.